The molecule has 0 saturated heterocycles. The van der Waals surface area contributed by atoms with Gasteiger partial charge in [-0.15, -0.1) is 15.3 Å². The second-order valence-corrected chi connectivity index (χ2v) is 9.40. The van der Waals surface area contributed by atoms with Crippen molar-refractivity contribution in [2.45, 2.75) is 44.9 Å². The molecular formula is C25H21F2N5O. The van der Waals surface area contributed by atoms with Crippen LogP contribution in [0.25, 0.3) is 22.7 Å². The van der Waals surface area contributed by atoms with Gasteiger partial charge in [0.2, 0.25) is 11.8 Å². The van der Waals surface area contributed by atoms with E-state index in [0.29, 0.717) is 11.8 Å². The van der Waals surface area contributed by atoms with Crippen LogP contribution in [0.5, 0.6) is 0 Å². The van der Waals surface area contributed by atoms with Gasteiger partial charge in [-0.25, -0.2) is 8.78 Å². The topological polar surface area (TPSA) is 77.6 Å². The third kappa shape index (κ3) is 2.60. The Morgan fingerprint density at radius 1 is 1.00 bits per heavy atom. The standard InChI is InChI=1S/C25H21F2N5O/c1-13-29-32-23(33-13)14-8-10-28-20(11-14)25-9-7-16(24(25,2)3)15-12-19(30-31-22(15)25)21-17(26)5-4-6-18(21)27/h4-6,8,10-12,16H,7,9H2,1-3H3/t16-,25+/m0/s1. The first-order valence-electron chi connectivity index (χ1n) is 10.9. The van der Waals surface area contributed by atoms with Gasteiger partial charge in [-0.2, -0.15) is 5.10 Å². The molecule has 2 atom stereocenters. The molecule has 4 aromatic rings. The highest BCUT2D eigenvalue weighted by atomic mass is 19.1. The first-order chi connectivity index (χ1) is 15.8. The molecule has 6 rings (SSSR count). The van der Waals surface area contributed by atoms with Crippen molar-refractivity contribution in [3.05, 3.63) is 77.1 Å². The molecule has 0 radical (unpaired) electrons. The molecule has 1 saturated carbocycles. The highest BCUT2D eigenvalue weighted by Gasteiger charge is 2.65. The van der Waals surface area contributed by atoms with Crippen LogP contribution in [0, 0.1) is 24.0 Å². The molecule has 1 fully saturated rings. The molecule has 8 heteroatoms. The average Bonchev–Trinajstić information content (AvgIpc) is 3.40. The number of benzene rings is 1. The number of nitrogens with zero attached hydrogens (tertiary/aromatic N) is 5. The third-order valence-corrected chi connectivity index (χ3v) is 7.57. The fourth-order valence-corrected chi connectivity index (χ4v) is 5.97. The predicted octanol–water partition coefficient (Wildman–Crippen LogP) is 5.38. The molecule has 2 aliphatic rings. The number of fused-ring (bicyclic) bond motifs is 5. The molecule has 166 valence electrons. The van der Waals surface area contributed by atoms with Crippen LogP contribution in [0.15, 0.2) is 47.0 Å². The molecule has 0 amide bonds. The number of hydrogen-bond acceptors (Lipinski definition) is 6. The van der Waals surface area contributed by atoms with Gasteiger partial charge >= 0.3 is 0 Å². The zero-order valence-corrected chi connectivity index (χ0v) is 18.4. The number of halogens is 2. The van der Waals surface area contributed by atoms with Crippen molar-refractivity contribution in [1.82, 2.24) is 25.4 Å². The van der Waals surface area contributed by atoms with Crippen LogP contribution in [0.2, 0.25) is 0 Å². The van der Waals surface area contributed by atoms with E-state index in [1.54, 1.807) is 13.1 Å². The van der Waals surface area contributed by atoms with E-state index in [2.05, 4.69) is 34.2 Å². The highest BCUT2D eigenvalue weighted by Crippen LogP contribution is 2.69. The van der Waals surface area contributed by atoms with Crippen molar-refractivity contribution in [3.8, 4) is 22.7 Å². The van der Waals surface area contributed by atoms with Crippen LogP contribution in [0.4, 0.5) is 8.78 Å². The molecule has 3 heterocycles. The lowest BCUT2D eigenvalue weighted by Gasteiger charge is -2.37. The summed E-state index contributed by atoms with van der Waals surface area (Å²) in [5.74, 6) is -0.189. The van der Waals surface area contributed by atoms with Gasteiger partial charge in [-0.1, -0.05) is 19.9 Å². The molecule has 1 aromatic carbocycles. The van der Waals surface area contributed by atoms with Gasteiger partial charge in [0.25, 0.3) is 0 Å². The molecule has 0 spiro atoms. The smallest absolute Gasteiger partial charge is 0.247 e. The lowest BCUT2D eigenvalue weighted by atomic mass is 9.66. The quantitative estimate of drug-likeness (QED) is 0.421. The Bertz CT molecular complexity index is 1400. The van der Waals surface area contributed by atoms with Crippen molar-refractivity contribution < 1.29 is 13.2 Å². The first-order valence-corrected chi connectivity index (χ1v) is 10.9. The predicted molar refractivity (Wildman–Crippen MR) is 116 cm³/mol. The molecule has 0 unspecified atom stereocenters. The van der Waals surface area contributed by atoms with E-state index in [0.717, 1.165) is 35.4 Å². The molecule has 3 aromatic heterocycles. The number of aromatic nitrogens is 5. The van der Waals surface area contributed by atoms with Crippen molar-refractivity contribution in [1.29, 1.82) is 0 Å². The van der Waals surface area contributed by atoms with E-state index < -0.39 is 17.0 Å². The number of aryl methyl sites for hydroxylation is 1. The minimum absolute atomic E-state index is 0.144. The maximum Gasteiger partial charge on any atom is 0.247 e. The Morgan fingerprint density at radius 2 is 1.79 bits per heavy atom. The Morgan fingerprint density at radius 3 is 2.52 bits per heavy atom. The van der Waals surface area contributed by atoms with E-state index >= 15 is 0 Å². The molecular weight excluding hydrogens is 424 g/mol. The summed E-state index contributed by atoms with van der Waals surface area (Å²) in [5.41, 5.74) is 2.85. The van der Waals surface area contributed by atoms with Crippen LogP contribution in [-0.2, 0) is 5.41 Å². The summed E-state index contributed by atoms with van der Waals surface area (Å²) in [4.78, 5) is 4.75. The van der Waals surface area contributed by atoms with Gasteiger partial charge < -0.3 is 4.42 Å². The second-order valence-electron chi connectivity index (χ2n) is 9.40. The van der Waals surface area contributed by atoms with Crippen LogP contribution >= 0.6 is 0 Å². The Kier molecular flexibility index (Phi) is 4.09. The zero-order chi connectivity index (χ0) is 23.0. The van der Waals surface area contributed by atoms with Crippen molar-refractivity contribution in [2.75, 3.05) is 0 Å². The van der Waals surface area contributed by atoms with Gasteiger partial charge in [-0.05, 0) is 60.1 Å². The van der Waals surface area contributed by atoms with Gasteiger partial charge in [-0.3, -0.25) is 4.98 Å². The Labute approximate surface area is 189 Å². The van der Waals surface area contributed by atoms with Crippen LogP contribution in [0.1, 0.15) is 55.4 Å². The van der Waals surface area contributed by atoms with Crippen molar-refractivity contribution in [2.24, 2.45) is 5.41 Å². The summed E-state index contributed by atoms with van der Waals surface area (Å²) < 4.78 is 34.5. The summed E-state index contributed by atoms with van der Waals surface area (Å²) in [6, 6.07) is 9.45. The minimum Gasteiger partial charge on any atom is -0.421 e. The highest BCUT2D eigenvalue weighted by molar-refractivity contribution is 5.64. The summed E-state index contributed by atoms with van der Waals surface area (Å²) >= 11 is 0. The van der Waals surface area contributed by atoms with Crippen LogP contribution in [0.3, 0.4) is 0 Å². The van der Waals surface area contributed by atoms with E-state index in [4.69, 9.17) is 9.40 Å². The largest absolute Gasteiger partial charge is 0.421 e. The van der Waals surface area contributed by atoms with E-state index in [1.165, 1.54) is 18.2 Å². The van der Waals surface area contributed by atoms with Crippen molar-refractivity contribution >= 4 is 0 Å². The van der Waals surface area contributed by atoms with E-state index in [9.17, 15) is 8.78 Å². The summed E-state index contributed by atoms with van der Waals surface area (Å²) in [6.07, 6.45) is 3.53. The molecule has 0 aliphatic heterocycles. The zero-order valence-electron chi connectivity index (χ0n) is 18.4. The second kappa shape index (κ2) is 6.73. The maximum absolute atomic E-state index is 14.4. The molecule has 6 nitrogen and oxygen atoms in total. The number of pyridine rings is 1. The average molecular weight is 445 g/mol. The molecule has 2 bridgehead atoms. The summed E-state index contributed by atoms with van der Waals surface area (Å²) in [7, 11) is 0. The van der Waals surface area contributed by atoms with E-state index in [1.807, 2.05) is 18.2 Å². The molecule has 33 heavy (non-hydrogen) atoms. The molecule has 0 N–H and O–H groups in total. The lowest BCUT2D eigenvalue weighted by molar-refractivity contribution is 0.243. The van der Waals surface area contributed by atoms with Gasteiger partial charge in [0, 0.05) is 18.7 Å². The normalized spacial score (nSPS) is 22.5. The number of rotatable bonds is 3. The summed E-state index contributed by atoms with van der Waals surface area (Å²) in [5, 5.41) is 16.9. The van der Waals surface area contributed by atoms with Gasteiger partial charge in [0.1, 0.15) is 11.6 Å². The fourth-order valence-electron chi connectivity index (χ4n) is 5.97. The summed E-state index contributed by atoms with van der Waals surface area (Å²) in [6.45, 7) is 6.17. The van der Waals surface area contributed by atoms with Crippen LogP contribution in [-0.4, -0.2) is 25.4 Å². The fraction of sp³-hybridized carbons (Fsp3) is 0.320. The molecule has 2 aliphatic carbocycles. The monoisotopic (exact) mass is 445 g/mol. The SMILES string of the molecule is Cc1nnc(-c2ccnc([C@]34CC[C@@H](c5cc(-c6c(F)cccc6F)nnc53)C4(C)C)c2)o1. The Hall–Kier alpha value is -3.55. The van der Waals surface area contributed by atoms with Gasteiger partial charge in [0.05, 0.1) is 28.1 Å². The Balaban J connectivity index is 1.53. The van der Waals surface area contributed by atoms with Crippen molar-refractivity contribution in [3.63, 3.8) is 0 Å². The lowest BCUT2D eigenvalue weighted by Crippen LogP contribution is -2.37. The van der Waals surface area contributed by atoms with Gasteiger partial charge in [0.15, 0.2) is 0 Å². The maximum atomic E-state index is 14.4. The number of hydrogen-bond donors (Lipinski definition) is 0. The first kappa shape index (κ1) is 20.1. The van der Waals surface area contributed by atoms with E-state index in [-0.39, 0.29) is 22.6 Å². The third-order valence-electron chi connectivity index (χ3n) is 7.57. The van der Waals surface area contributed by atoms with Crippen LogP contribution < -0.4 is 0 Å². The minimum atomic E-state index is -0.648.